The van der Waals surface area contributed by atoms with Crippen LogP contribution >= 0.6 is 22.6 Å². The minimum atomic E-state index is -0.816. The van der Waals surface area contributed by atoms with Gasteiger partial charge in [-0.3, -0.25) is 15.0 Å². The Morgan fingerprint density at radius 2 is 2.36 bits per heavy atom. The molecule has 0 aliphatic heterocycles. The molecule has 3 N–H and O–H groups in total. The van der Waals surface area contributed by atoms with Gasteiger partial charge in [-0.25, -0.2) is 9.87 Å². The maximum atomic E-state index is 14.1. The summed E-state index contributed by atoms with van der Waals surface area (Å²) < 4.78 is 20.3. The van der Waals surface area contributed by atoms with E-state index in [9.17, 15) is 9.18 Å². The van der Waals surface area contributed by atoms with Gasteiger partial charge < -0.3 is 9.73 Å². The van der Waals surface area contributed by atoms with Gasteiger partial charge in [0.2, 0.25) is 5.76 Å². The fourth-order valence-electron chi connectivity index (χ4n) is 2.23. The number of halogens is 2. The van der Waals surface area contributed by atoms with Crippen molar-refractivity contribution in [2.24, 2.45) is 0 Å². The number of aromatic nitrogens is 1. The first-order valence-electron chi connectivity index (χ1n) is 6.40. The van der Waals surface area contributed by atoms with Gasteiger partial charge >= 0.3 is 5.91 Å². The first kappa shape index (κ1) is 15.0. The van der Waals surface area contributed by atoms with Gasteiger partial charge in [0, 0.05) is 16.0 Å². The topological polar surface area (TPSA) is 87.4 Å². The van der Waals surface area contributed by atoms with Gasteiger partial charge in [-0.1, -0.05) is 6.08 Å². The first-order valence-corrected chi connectivity index (χ1v) is 7.48. The zero-order valence-corrected chi connectivity index (χ0v) is 13.3. The van der Waals surface area contributed by atoms with Crippen molar-refractivity contribution in [1.82, 2.24) is 10.5 Å². The predicted octanol–water partition coefficient (Wildman–Crippen LogP) is 3.30. The summed E-state index contributed by atoms with van der Waals surface area (Å²) in [6, 6.07) is 0.981. The molecule has 0 radical (unpaired) electrons. The smallest absolute Gasteiger partial charge is 0.312 e. The lowest BCUT2D eigenvalue weighted by Gasteiger charge is -2.19. The van der Waals surface area contributed by atoms with E-state index in [1.165, 1.54) is 23.9 Å². The average molecular weight is 415 g/mol. The molecule has 0 spiro atoms. The van der Waals surface area contributed by atoms with E-state index < -0.39 is 11.9 Å². The lowest BCUT2D eigenvalue weighted by atomic mass is 10.1. The first-order chi connectivity index (χ1) is 10.6. The van der Waals surface area contributed by atoms with Gasteiger partial charge in [-0.2, -0.15) is 0 Å². The molecule has 6 nitrogen and oxygen atoms in total. The fourth-order valence-corrected chi connectivity index (χ4v) is 2.78. The molecular weight excluding hydrogens is 404 g/mol. The number of rotatable bonds is 3. The van der Waals surface area contributed by atoms with Gasteiger partial charge in [0.25, 0.3) is 0 Å². The van der Waals surface area contributed by atoms with Crippen LogP contribution in [0.5, 0.6) is 0 Å². The number of fused-ring (bicyclic) bond motifs is 1. The zero-order chi connectivity index (χ0) is 15.7. The molecular formula is C14H11FIN3O3. The van der Waals surface area contributed by atoms with E-state index in [4.69, 9.17) is 9.62 Å². The molecule has 1 unspecified atom stereocenters. The number of nitrogens with zero attached hydrogens (tertiary/aromatic N) is 1. The molecule has 114 valence electrons. The molecule has 1 amide bonds. The quantitative estimate of drug-likeness (QED) is 0.407. The SMILES string of the molecule is O=C(NO)c1oc2ccncc2c1NC1CC=C(I)C=C1F. The number of anilines is 1. The highest BCUT2D eigenvalue weighted by Crippen LogP contribution is 2.33. The summed E-state index contributed by atoms with van der Waals surface area (Å²) in [5, 5.41) is 12.3. The Morgan fingerprint density at radius 1 is 1.55 bits per heavy atom. The monoisotopic (exact) mass is 415 g/mol. The summed E-state index contributed by atoms with van der Waals surface area (Å²) >= 11 is 2.04. The Bertz CT molecular complexity index is 800. The summed E-state index contributed by atoms with van der Waals surface area (Å²) in [7, 11) is 0. The van der Waals surface area contributed by atoms with Crippen LogP contribution < -0.4 is 10.8 Å². The summed E-state index contributed by atoms with van der Waals surface area (Å²) in [5.41, 5.74) is 2.24. The van der Waals surface area contributed by atoms with Crippen LogP contribution in [0.1, 0.15) is 17.0 Å². The molecule has 8 heteroatoms. The molecule has 0 bridgehead atoms. The maximum Gasteiger partial charge on any atom is 0.312 e. The van der Waals surface area contributed by atoms with E-state index in [-0.39, 0.29) is 11.6 Å². The molecule has 2 heterocycles. The van der Waals surface area contributed by atoms with Gasteiger partial charge in [0.05, 0.1) is 17.1 Å². The third-order valence-corrected chi connectivity index (χ3v) is 4.02. The van der Waals surface area contributed by atoms with Crippen molar-refractivity contribution in [2.45, 2.75) is 12.5 Å². The highest BCUT2D eigenvalue weighted by molar-refractivity contribution is 14.1. The lowest BCUT2D eigenvalue weighted by Crippen LogP contribution is -2.24. The van der Waals surface area contributed by atoms with Gasteiger partial charge in [-0.05, 0) is 41.2 Å². The van der Waals surface area contributed by atoms with Crippen molar-refractivity contribution in [3.8, 4) is 0 Å². The third-order valence-electron chi connectivity index (χ3n) is 3.27. The molecule has 1 aliphatic carbocycles. The molecule has 0 aromatic carbocycles. The van der Waals surface area contributed by atoms with Crippen LogP contribution in [0.2, 0.25) is 0 Å². The van der Waals surface area contributed by atoms with Crippen LogP contribution in [0, 0.1) is 0 Å². The van der Waals surface area contributed by atoms with Crippen LogP contribution in [0.15, 0.2) is 44.4 Å². The van der Waals surface area contributed by atoms with Crippen molar-refractivity contribution < 1.29 is 18.8 Å². The highest BCUT2D eigenvalue weighted by atomic mass is 127. The second-order valence-corrected chi connectivity index (χ2v) is 5.92. The number of carbonyl (C=O) groups is 1. The molecule has 0 saturated carbocycles. The summed E-state index contributed by atoms with van der Waals surface area (Å²) in [5.74, 6) is -1.27. The second kappa shape index (κ2) is 6.05. The Morgan fingerprint density at radius 3 is 3.09 bits per heavy atom. The molecule has 1 aliphatic rings. The Hall–Kier alpha value is -1.94. The van der Waals surface area contributed by atoms with Gasteiger partial charge in [0.1, 0.15) is 11.4 Å². The van der Waals surface area contributed by atoms with E-state index in [0.717, 1.165) is 3.58 Å². The third kappa shape index (κ3) is 2.71. The van der Waals surface area contributed by atoms with E-state index >= 15 is 0 Å². The average Bonchev–Trinajstić information content (AvgIpc) is 2.88. The standard InChI is InChI=1S/C14H11FIN3O3/c15-9-5-7(16)1-2-10(9)18-12-8-6-17-4-3-11(8)22-13(12)14(20)19-21/h1,3-6,10,18,21H,2H2,(H,19,20). The number of amides is 1. The van der Waals surface area contributed by atoms with E-state index in [1.807, 2.05) is 28.7 Å². The van der Waals surface area contributed by atoms with Crippen molar-refractivity contribution in [3.63, 3.8) is 0 Å². The summed E-state index contributed by atoms with van der Waals surface area (Å²) in [6.07, 6.45) is 6.77. The molecule has 0 saturated heterocycles. The van der Waals surface area contributed by atoms with Crippen molar-refractivity contribution >= 4 is 45.2 Å². The van der Waals surface area contributed by atoms with Crippen LogP contribution in [0.4, 0.5) is 10.1 Å². The predicted molar refractivity (Wildman–Crippen MR) is 86.6 cm³/mol. The molecule has 2 aromatic heterocycles. The van der Waals surface area contributed by atoms with E-state index in [0.29, 0.717) is 23.1 Å². The maximum absolute atomic E-state index is 14.1. The number of furan rings is 1. The fraction of sp³-hybridized carbons (Fsp3) is 0.143. The summed E-state index contributed by atoms with van der Waals surface area (Å²) in [4.78, 5) is 15.7. The number of carbonyl (C=O) groups excluding carboxylic acids is 1. The molecule has 22 heavy (non-hydrogen) atoms. The second-order valence-electron chi connectivity index (χ2n) is 4.67. The number of nitrogens with one attached hydrogen (secondary N) is 2. The molecule has 3 rings (SSSR count). The highest BCUT2D eigenvalue weighted by Gasteiger charge is 2.25. The largest absolute Gasteiger partial charge is 0.448 e. The number of allylic oxidation sites excluding steroid dienone is 2. The minimum Gasteiger partial charge on any atom is -0.448 e. The van der Waals surface area contributed by atoms with Crippen molar-refractivity contribution in [3.05, 3.63) is 45.8 Å². The molecule has 2 aromatic rings. The normalized spacial score (nSPS) is 17.9. The number of pyridine rings is 1. The van der Waals surface area contributed by atoms with Crippen molar-refractivity contribution in [1.29, 1.82) is 0 Å². The van der Waals surface area contributed by atoms with Gasteiger partial charge in [-0.15, -0.1) is 0 Å². The van der Waals surface area contributed by atoms with E-state index in [2.05, 4.69) is 10.3 Å². The number of hydrogen-bond acceptors (Lipinski definition) is 5. The lowest BCUT2D eigenvalue weighted by molar-refractivity contribution is 0.0679. The van der Waals surface area contributed by atoms with Crippen LogP contribution in [-0.4, -0.2) is 22.1 Å². The zero-order valence-electron chi connectivity index (χ0n) is 11.1. The van der Waals surface area contributed by atoms with Crippen molar-refractivity contribution in [2.75, 3.05) is 5.32 Å². The van der Waals surface area contributed by atoms with Crippen LogP contribution in [-0.2, 0) is 0 Å². The van der Waals surface area contributed by atoms with Gasteiger partial charge in [0.15, 0.2) is 0 Å². The summed E-state index contributed by atoms with van der Waals surface area (Å²) in [6.45, 7) is 0. The van der Waals surface area contributed by atoms with E-state index in [1.54, 1.807) is 6.07 Å². The number of hydrogen-bond donors (Lipinski definition) is 3. The minimum absolute atomic E-state index is 0.123. The Balaban J connectivity index is 2.02. The van der Waals surface area contributed by atoms with Crippen LogP contribution in [0.3, 0.4) is 0 Å². The Labute approximate surface area is 138 Å². The number of hydroxylamine groups is 1. The van der Waals surface area contributed by atoms with Crippen LogP contribution in [0.25, 0.3) is 11.0 Å². The molecule has 0 fully saturated rings. The molecule has 1 atom stereocenters. The Kier molecular flexibility index (Phi) is 4.12.